The van der Waals surface area contributed by atoms with Gasteiger partial charge in [0.25, 0.3) is 5.69 Å². The highest BCUT2D eigenvalue weighted by molar-refractivity contribution is 5.47. The molecular weight excluding hydrogens is 230 g/mol. The van der Waals surface area contributed by atoms with E-state index in [0.717, 1.165) is 31.4 Å². The summed E-state index contributed by atoms with van der Waals surface area (Å²) < 4.78 is 0. The van der Waals surface area contributed by atoms with E-state index in [2.05, 4.69) is 4.98 Å². The highest BCUT2D eigenvalue weighted by Crippen LogP contribution is 2.30. The lowest BCUT2D eigenvalue weighted by Gasteiger charge is -2.16. The van der Waals surface area contributed by atoms with Crippen molar-refractivity contribution >= 4 is 5.69 Å². The molecule has 2 unspecified atom stereocenters. The summed E-state index contributed by atoms with van der Waals surface area (Å²) in [5.41, 5.74) is 8.39. The van der Waals surface area contributed by atoms with Crippen LogP contribution >= 0.6 is 0 Å². The van der Waals surface area contributed by atoms with Crippen LogP contribution in [0.15, 0.2) is 6.20 Å². The van der Waals surface area contributed by atoms with E-state index in [0.29, 0.717) is 17.0 Å². The molecule has 2 rings (SSSR count). The summed E-state index contributed by atoms with van der Waals surface area (Å²) in [5, 5.41) is 11.0. The lowest BCUT2D eigenvalue weighted by molar-refractivity contribution is -0.386. The fourth-order valence-electron chi connectivity index (χ4n) is 2.82. The Bertz CT molecular complexity index is 474. The standard InChI is InChI=1S/C13H19N3O2/c1-8-7-15-12(9(2)13(8)16(17)18)6-10-4-3-5-11(10)14/h7,10-11H,3-6,14H2,1-2H3. The van der Waals surface area contributed by atoms with Crippen molar-refractivity contribution in [2.75, 3.05) is 0 Å². The number of rotatable bonds is 3. The van der Waals surface area contributed by atoms with Crippen LogP contribution in [0.2, 0.25) is 0 Å². The summed E-state index contributed by atoms with van der Waals surface area (Å²) in [6.07, 6.45) is 5.66. The van der Waals surface area contributed by atoms with Crippen LogP contribution in [-0.4, -0.2) is 15.9 Å². The molecule has 1 aromatic rings. The zero-order valence-electron chi connectivity index (χ0n) is 10.8. The van der Waals surface area contributed by atoms with Gasteiger partial charge in [-0.3, -0.25) is 15.1 Å². The van der Waals surface area contributed by atoms with Crippen LogP contribution in [0.25, 0.3) is 0 Å². The van der Waals surface area contributed by atoms with Gasteiger partial charge in [0.05, 0.1) is 10.6 Å². The Labute approximate surface area is 107 Å². The Morgan fingerprint density at radius 1 is 1.50 bits per heavy atom. The second-order valence-electron chi connectivity index (χ2n) is 5.18. The molecule has 2 N–H and O–H groups in total. The van der Waals surface area contributed by atoms with Crippen LogP contribution < -0.4 is 5.73 Å². The Morgan fingerprint density at radius 3 is 2.78 bits per heavy atom. The second kappa shape index (κ2) is 5.02. The highest BCUT2D eigenvalue weighted by Gasteiger charge is 2.27. The van der Waals surface area contributed by atoms with Crippen LogP contribution in [0.3, 0.4) is 0 Å². The van der Waals surface area contributed by atoms with Crippen LogP contribution in [0.4, 0.5) is 5.69 Å². The monoisotopic (exact) mass is 249 g/mol. The van der Waals surface area contributed by atoms with Gasteiger partial charge in [0.15, 0.2) is 0 Å². The smallest absolute Gasteiger partial charge is 0.278 e. The minimum absolute atomic E-state index is 0.201. The van der Waals surface area contributed by atoms with Crippen LogP contribution in [0.5, 0.6) is 0 Å². The topological polar surface area (TPSA) is 82.0 Å². The third-order valence-corrected chi connectivity index (χ3v) is 3.93. The average molecular weight is 249 g/mol. The van der Waals surface area contributed by atoms with Gasteiger partial charge in [0.1, 0.15) is 0 Å². The number of hydrogen-bond donors (Lipinski definition) is 1. The molecule has 1 saturated carbocycles. The number of nitro groups is 1. The first-order chi connectivity index (χ1) is 8.50. The maximum absolute atomic E-state index is 11.0. The second-order valence-corrected chi connectivity index (χ2v) is 5.18. The summed E-state index contributed by atoms with van der Waals surface area (Å²) in [5.74, 6) is 0.415. The van der Waals surface area contributed by atoms with Crippen molar-refractivity contribution in [2.45, 2.75) is 45.6 Å². The van der Waals surface area contributed by atoms with Crippen molar-refractivity contribution in [3.8, 4) is 0 Å². The molecule has 1 fully saturated rings. The van der Waals surface area contributed by atoms with Gasteiger partial charge in [0, 0.05) is 23.4 Å². The SMILES string of the molecule is Cc1cnc(CC2CCCC2N)c(C)c1[N+](=O)[O-]. The molecule has 0 aromatic carbocycles. The van der Waals surface area contributed by atoms with Crippen molar-refractivity contribution in [3.05, 3.63) is 33.1 Å². The molecule has 1 aliphatic rings. The molecule has 1 aliphatic carbocycles. The fraction of sp³-hybridized carbons (Fsp3) is 0.615. The van der Waals surface area contributed by atoms with Gasteiger partial charge < -0.3 is 5.73 Å². The molecule has 0 amide bonds. The molecule has 1 aromatic heterocycles. The molecule has 1 heterocycles. The lowest BCUT2D eigenvalue weighted by atomic mass is 9.95. The molecule has 0 bridgehead atoms. The lowest BCUT2D eigenvalue weighted by Crippen LogP contribution is -2.26. The van der Waals surface area contributed by atoms with Crippen molar-refractivity contribution < 1.29 is 4.92 Å². The summed E-state index contributed by atoms with van der Waals surface area (Å²) in [4.78, 5) is 15.1. The van der Waals surface area contributed by atoms with E-state index >= 15 is 0 Å². The third kappa shape index (κ3) is 2.36. The number of aromatic nitrogens is 1. The zero-order chi connectivity index (χ0) is 13.3. The van der Waals surface area contributed by atoms with Crippen molar-refractivity contribution in [1.29, 1.82) is 0 Å². The van der Waals surface area contributed by atoms with Gasteiger partial charge in [-0.25, -0.2) is 0 Å². The third-order valence-electron chi connectivity index (χ3n) is 3.93. The predicted octanol–water partition coefficient (Wildman–Crippen LogP) is 2.28. The van der Waals surface area contributed by atoms with Crippen molar-refractivity contribution in [1.82, 2.24) is 4.98 Å². The Kier molecular flexibility index (Phi) is 3.61. The van der Waals surface area contributed by atoms with E-state index in [-0.39, 0.29) is 16.7 Å². The van der Waals surface area contributed by atoms with Gasteiger partial charge in [-0.1, -0.05) is 6.42 Å². The van der Waals surface area contributed by atoms with Gasteiger partial charge in [-0.15, -0.1) is 0 Å². The maximum atomic E-state index is 11.0. The average Bonchev–Trinajstić information content (AvgIpc) is 2.68. The number of pyridine rings is 1. The normalized spacial score (nSPS) is 23.3. The molecule has 0 spiro atoms. The molecule has 5 heteroatoms. The van der Waals surface area contributed by atoms with Crippen molar-refractivity contribution in [2.24, 2.45) is 11.7 Å². The largest absolute Gasteiger partial charge is 0.327 e. The van der Waals surface area contributed by atoms with E-state index in [1.165, 1.54) is 0 Å². The Balaban J connectivity index is 2.29. The molecule has 2 atom stereocenters. The first-order valence-corrected chi connectivity index (χ1v) is 6.35. The van der Waals surface area contributed by atoms with E-state index in [1.807, 2.05) is 0 Å². The van der Waals surface area contributed by atoms with Gasteiger partial charge in [-0.2, -0.15) is 0 Å². The first-order valence-electron chi connectivity index (χ1n) is 6.35. The number of aryl methyl sites for hydroxylation is 1. The van der Waals surface area contributed by atoms with Gasteiger partial charge >= 0.3 is 0 Å². The van der Waals surface area contributed by atoms with E-state index in [9.17, 15) is 10.1 Å². The minimum Gasteiger partial charge on any atom is -0.327 e. The molecule has 0 radical (unpaired) electrons. The summed E-state index contributed by atoms with van der Waals surface area (Å²) in [6.45, 7) is 3.51. The van der Waals surface area contributed by atoms with E-state index in [1.54, 1.807) is 20.0 Å². The predicted molar refractivity (Wildman–Crippen MR) is 69.4 cm³/mol. The summed E-state index contributed by atoms with van der Waals surface area (Å²) in [6, 6.07) is 0.214. The Morgan fingerprint density at radius 2 is 2.22 bits per heavy atom. The molecule has 18 heavy (non-hydrogen) atoms. The van der Waals surface area contributed by atoms with E-state index < -0.39 is 0 Å². The van der Waals surface area contributed by atoms with Crippen LogP contribution in [-0.2, 0) is 6.42 Å². The summed E-state index contributed by atoms with van der Waals surface area (Å²) >= 11 is 0. The molecule has 0 saturated heterocycles. The first kappa shape index (κ1) is 13.0. The minimum atomic E-state index is -0.315. The number of nitrogens with zero attached hydrogens (tertiary/aromatic N) is 2. The summed E-state index contributed by atoms with van der Waals surface area (Å²) in [7, 11) is 0. The molecule has 98 valence electrons. The maximum Gasteiger partial charge on any atom is 0.278 e. The van der Waals surface area contributed by atoms with Crippen molar-refractivity contribution in [3.63, 3.8) is 0 Å². The number of nitrogens with two attached hydrogens (primary N) is 1. The van der Waals surface area contributed by atoms with Gasteiger partial charge in [0.2, 0.25) is 0 Å². The quantitative estimate of drug-likeness (QED) is 0.658. The highest BCUT2D eigenvalue weighted by atomic mass is 16.6. The molecule has 5 nitrogen and oxygen atoms in total. The number of hydrogen-bond acceptors (Lipinski definition) is 4. The van der Waals surface area contributed by atoms with Crippen LogP contribution in [0, 0.1) is 29.9 Å². The van der Waals surface area contributed by atoms with Gasteiger partial charge in [-0.05, 0) is 39.0 Å². The molecule has 0 aliphatic heterocycles. The fourth-order valence-corrected chi connectivity index (χ4v) is 2.82. The zero-order valence-corrected chi connectivity index (χ0v) is 10.8. The van der Waals surface area contributed by atoms with E-state index in [4.69, 9.17) is 5.73 Å². The Hall–Kier alpha value is -1.49. The van der Waals surface area contributed by atoms with Crippen LogP contribution in [0.1, 0.15) is 36.1 Å². The molecular formula is C13H19N3O2.